The third kappa shape index (κ3) is 6.17. The van der Waals surface area contributed by atoms with Crippen LogP contribution in [0.15, 0.2) is 114 Å². The predicted octanol–water partition coefficient (Wildman–Crippen LogP) is 8.11. The summed E-state index contributed by atoms with van der Waals surface area (Å²) < 4.78 is 5.79. The molecule has 7 rings (SSSR count). The van der Waals surface area contributed by atoms with Gasteiger partial charge in [-0.2, -0.15) is 0 Å². The minimum Gasteiger partial charge on any atom is -0.456 e. The summed E-state index contributed by atoms with van der Waals surface area (Å²) in [6.45, 7) is 0.295. The van der Waals surface area contributed by atoms with Crippen molar-refractivity contribution < 1.29 is 19.0 Å². The number of para-hydroxylation sites is 2. The van der Waals surface area contributed by atoms with Gasteiger partial charge in [0.15, 0.2) is 0 Å². The van der Waals surface area contributed by atoms with Crippen molar-refractivity contribution in [3.8, 4) is 0 Å². The Bertz CT molecular complexity index is 2160. The second-order valence-electron chi connectivity index (χ2n) is 9.53. The standard InChI is InChI=1S/C19H12N2O4.C13H9Cl2N3O/c22-19(12-4-3-5-14(10-12)21(23)24)20-13-8-9-16-15-6-1-2-7-17(15)25-18(16)11-13;14-10-6-5-9(11(15)7-10)8-19-18-13-4-2-1-3-12(13)16-17-18/h1-11H,(H,20,22);1-7H,8H2. The maximum Gasteiger partial charge on any atom is 0.270 e. The average molecular weight is 626 g/mol. The molecule has 0 atom stereocenters. The molecule has 0 radical (unpaired) electrons. The Labute approximate surface area is 259 Å². The van der Waals surface area contributed by atoms with E-state index in [-0.39, 0.29) is 11.3 Å². The molecule has 0 bridgehead atoms. The summed E-state index contributed by atoms with van der Waals surface area (Å²) in [5.41, 5.74) is 4.53. The summed E-state index contributed by atoms with van der Waals surface area (Å²) in [4.78, 5) is 29.6. The molecule has 0 saturated heterocycles. The Morgan fingerprint density at radius 2 is 1.68 bits per heavy atom. The van der Waals surface area contributed by atoms with Crippen molar-refractivity contribution >= 4 is 73.5 Å². The Balaban J connectivity index is 0.000000162. The molecule has 2 heterocycles. The van der Waals surface area contributed by atoms with Gasteiger partial charge >= 0.3 is 0 Å². The molecule has 2 aromatic heterocycles. The fraction of sp³-hybridized carbons (Fsp3) is 0.0312. The summed E-state index contributed by atoms with van der Waals surface area (Å²) in [5, 5.41) is 24.6. The number of non-ortho nitro benzene ring substituents is 1. The zero-order valence-corrected chi connectivity index (χ0v) is 24.2. The summed E-state index contributed by atoms with van der Waals surface area (Å²) in [6, 6.07) is 31.5. The number of benzene rings is 5. The number of nitro benzene ring substituents is 1. The molecule has 44 heavy (non-hydrogen) atoms. The molecule has 5 aromatic carbocycles. The first-order valence-corrected chi connectivity index (χ1v) is 14.0. The number of nitrogens with one attached hydrogen (secondary N) is 1. The number of nitro groups is 1. The van der Waals surface area contributed by atoms with Gasteiger partial charge in [-0.15, -0.1) is 5.10 Å². The first kappa shape index (κ1) is 28.7. The van der Waals surface area contributed by atoms with Gasteiger partial charge in [0, 0.05) is 55.8 Å². The van der Waals surface area contributed by atoms with E-state index in [0.29, 0.717) is 27.9 Å². The summed E-state index contributed by atoms with van der Waals surface area (Å²) in [7, 11) is 0. The lowest BCUT2D eigenvalue weighted by molar-refractivity contribution is -0.384. The number of amides is 1. The highest BCUT2D eigenvalue weighted by atomic mass is 35.5. The van der Waals surface area contributed by atoms with Crippen LogP contribution in [-0.2, 0) is 6.61 Å². The summed E-state index contributed by atoms with van der Waals surface area (Å²) >= 11 is 11.9. The molecule has 0 aliphatic heterocycles. The van der Waals surface area contributed by atoms with Gasteiger partial charge in [-0.25, -0.2) is 0 Å². The molecule has 0 aliphatic rings. The molecule has 0 aliphatic carbocycles. The van der Waals surface area contributed by atoms with Gasteiger partial charge in [0.05, 0.1) is 4.92 Å². The Morgan fingerprint density at radius 3 is 2.52 bits per heavy atom. The lowest BCUT2D eigenvalue weighted by Crippen LogP contribution is -2.13. The van der Waals surface area contributed by atoms with Gasteiger partial charge in [-0.1, -0.05) is 70.5 Å². The van der Waals surface area contributed by atoms with Crippen molar-refractivity contribution in [2.24, 2.45) is 0 Å². The van der Waals surface area contributed by atoms with Crippen LogP contribution in [0.1, 0.15) is 15.9 Å². The number of halogens is 2. The minimum atomic E-state index is -0.531. The molecular weight excluding hydrogens is 605 g/mol. The molecular formula is C32H21Cl2N5O5. The zero-order chi connectivity index (χ0) is 30.6. The summed E-state index contributed by atoms with van der Waals surface area (Å²) in [6.07, 6.45) is 0. The van der Waals surface area contributed by atoms with Crippen LogP contribution in [0.2, 0.25) is 10.0 Å². The average Bonchev–Trinajstić information content (AvgIpc) is 3.62. The minimum absolute atomic E-state index is 0.125. The van der Waals surface area contributed by atoms with Crippen molar-refractivity contribution in [2.75, 3.05) is 5.32 Å². The smallest absolute Gasteiger partial charge is 0.270 e. The molecule has 7 aromatic rings. The molecule has 0 saturated carbocycles. The molecule has 12 heteroatoms. The normalized spacial score (nSPS) is 10.9. The second-order valence-corrected chi connectivity index (χ2v) is 10.4. The first-order valence-electron chi connectivity index (χ1n) is 13.2. The van der Waals surface area contributed by atoms with Gasteiger partial charge in [0.2, 0.25) is 0 Å². The highest BCUT2D eigenvalue weighted by molar-refractivity contribution is 6.35. The lowest BCUT2D eigenvalue weighted by atomic mass is 10.1. The van der Waals surface area contributed by atoms with Crippen molar-refractivity contribution in [3.63, 3.8) is 0 Å². The Hall–Kier alpha value is -5.45. The van der Waals surface area contributed by atoms with Gasteiger partial charge < -0.3 is 14.6 Å². The number of fused-ring (bicyclic) bond motifs is 4. The number of aromatic nitrogens is 3. The highest BCUT2D eigenvalue weighted by Crippen LogP contribution is 2.30. The number of hydrogen-bond acceptors (Lipinski definition) is 7. The van der Waals surface area contributed by atoms with Crippen LogP contribution >= 0.6 is 23.2 Å². The number of carbonyl (C=O) groups excluding carboxylic acids is 1. The largest absolute Gasteiger partial charge is 0.456 e. The Kier molecular flexibility index (Phi) is 8.09. The van der Waals surface area contributed by atoms with Crippen LogP contribution in [0.5, 0.6) is 0 Å². The third-order valence-electron chi connectivity index (χ3n) is 6.63. The van der Waals surface area contributed by atoms with Gasteiger partial charge in [0.25, 0.3) is 11.6 Å². The zero-order valence-electron chi connectivity index (χ0n) is 22.7. The highest BCUT2D eigenvalue weighted by Gasteiger charge is 2.13. The van der Waals surface area contributed by atoms with Crippen LogP contribution in [0.3, 0.4) is 0 Å². The van der Waals surface area contributed by atoms with Crippen molar-refractivity contribution in [1.82, 2.24) is 15.2 Å². The van der Waals surface area contributed by atoms with E-state index in [1.165, 1.54) is 29.1 Å². The maximum absolute atomic E-state index is 12.3. The van der Waals surface area contributed by atoms with E-state index in [1.807, 2.05) is 60.7 Å². The van der Waals surface area contributed by atoms with Crippen LogP contribution in [0.25, 0.3) is 33.0 Å². The maximum atomic E-state index is 12.3. The van der Waals surface area contributed by atoms with Crippen molar-refractivity contribution in [3.05, 3.63) is 140 Å². The number of nitrogens with zero attached hydrogens (tertiary/aromatic N) is 4. The van der Waals surface area contributed by atoms with E-state index < -0.39 is 10.8 Å². The molecule has 1 N–H and O–H groups in total. The molecule has 1 amide bonds. The molecule has 10 nitrogen and oxygen atoms in total. The third-order valence-corrected chi connectivity index (χ3v) is 7.22. The second kappa shape index (κ2) is 12.4. The van der Waals surface area contributed by atoms with Crippen molar-refractivity contribution in [1.29, 1.82) is 0 Å². The van der Waals surface area contributed by atoms with Crippen LogP contribution in [-0.4, -0.2) is 26.0 Å². The van der Waals surface area contributed by atoms with Gasteiger partial charge in [0.1, 0.15) is 28.8 Å². The van der Waals surface area contributed by atoms with E-state index in [1.54, 1.807) is 24.3 Å². The number of furan rings is 1. The number of rotatable bonds is 6. The van der Waals surface area contributed by atoms with E-state index >= 15 is 0 Å². The van der Waals surface area contributed by atoms with E-state index in [2.05, 4.69) is 15.6 Å². The molecule has 0 fully saturated rings. The number of anilines is 1. The number of carbonyl (C=O) groups is 1. The SMILES string of the molecule is Clc1ccc(COn2nnc3ccccc32)c(Cl)c1.O=C(Nc1ccc2c(c1)oc1ccccc12)c1cccc([N+](=O)[O-])c1. The fourth-order valence-electron chi connectivity index (χ4n) is 4.48. The van der Waals surface area contributed by atoms with E-state index in [0.717, 1.165) is 33.0 Å². The quantitative estimate of drug-likeness (QED) is 0.146. The first-order chi connectivity index (χ1) is 21.4. The van der Waals surface area contributed by atoms with Crippen LogP contribution in [0, 0.1) is 10.1 Å². The lowest BCUT2D eigenvalue weighted by Gasteiger charge is -2.07. The van der Waals surface area contributed by atoms with Crippen LogP contribution < -0.4 is 10.2 Å². The summed E-state index contributed by atoms with van der Waals surface area (Å²) in [5.74, 6) is -0.417. The molecule has 0 spiro atoms. The van der Waals surface area contributed by atoms with E-state index in [9.17, 15) is 14.9 Å². The van der Waals surface area contributed by atoms with Crippen LogP contribution in [0.4, 0.5) is 11.4 Å². The van der Waals surface area contributed by atoms with Gasteiger partial charge in [-0.3, -0.25) is 14.9 Å². The van der Waals surface area contributed by atoms with E-state index in [4.69, 9.17) is 32.5 Å². The predicted molar refractivity (Wildman–Crippen MR) is 169 cm³/mol. The van der Waals surface area contributed by atoms with Crippen molar-refractivity contribution in [2.45, 2.75) is 6.61 Å². The fourth-order valence-corrected chi connectivity index (χ4v) is 4.94. The Morgan fingerprint density at radius 1 is 0.886 bits per heavy atom. The number of hydrogen-bond donors (Lipinski definition) is 1. The molecule has 0 unspecified atom stereocenters. The monoisotopic (exact) mass is 625 g/mol. The molecule has 218 valence electrons. The topological polar surface area (TPSA) is 125 Å². The van der Waals surface area contributed by atoms with Gasteiger partial charge in [-0.05, 0) is 53.7 Å².